The van der Waals surface area contributed by atoms with Crippen molar-refractivity contribution >= 4 is 23.4 Å². The van der Waals surface area contributed by atoms with Crippen molar-refractivity contribution in [1.82, 2.24) is 10.6 Å². The fraction of sp³-hybridized carbons (Fsp3) is 0.467. The van der Waals surface area contributed by atoms with E-state index in [1.54, 1.807) is 0 Å². The van der Waals surface area contributed by atoms with Gasteiger partial charge in [-0.15, -0.1) is 0 Å². The Bertz CT molecular complexity index is 527. The molecule has 2 amide bonds. The van der Waals surface area contributed by atoms with E-state index >= 15 is 0 Å². The second-order valence-electron chi connectivity index (χ2n) is 5.05. The normalized spacial score (nSPS) is 17.3. The van der Waals surface area contributed by atoms with Gasteiger partial charge in [0.25, 0.3) is 5.91 Å². The molecule has 0 saturated carbocycles. The van der Waals surface area contributed by atoms with Crippen molar-refractivity contribution in [2.24, 2.45) is 0 Å². The summed E-state index contributed by atoms with van der Waals surface area (Å²) in [6, 6.07) is 3.97. The lowest BCUT2D eigenvalue weighted by Gasteiger charge is -2.11. The van der Waals surface area contributed by atoms with E-state index in [1.807, 2.05) is 0 Å². The summed E-state index contributed by atoms with van der Waals surface area (Å²) in [7, 11) is 0. The number of amides is 2. The largest absolute Gasteiger partial charge is 0.378 e. The third-order valence-corrected chi connectivity index (χ3v) is 3.73. The summed E-state index contributed by atoms with van der Waals surface area (Å²) in [6.07, 6.45) is 3.02. The first kappa shape index (κ1) is 16.7. The van der Waals surface area contributed by atoms with E-state index in [1.165, 1.54) is 12.1 Å². The third-order valence-electron chi connectivity index (χ3n) is 3.41. The summed E-state index contributed by atoms with van der Waals surface area (Å²) in [5.74, 6) is -1.76. The number of halogens is 2. The quantitative estimate of drug-likeness (QED) is 0.838. The zero-order valence-corrected chi connectivity index (χ0v) is 12.8. The molecule has 0 bridgehead atoms. The Balaban J connectivity index is 1.72. The van der Waals surface area contributed by atoms with Gasteiger partial charge in [-0.05, 0) is 31.4 Å². The Kier molecular flexibility index (Phi) is 6.15. The van der Waals surface area contributed by atoms with Crippen LogP contribution in [0.1, 0.15) is 29.6 Å². The molecule has 1 aliphatic heterocycles. The summed E-state index contributed by atoms with van der Waals surface area (Å²) in [6.45, 7) is 1.03. The molecule has 5 nitrogen and oxygen atoms in total. The number of carbonyl (C=O) groups is 2. The summed E-state index contributed by atoms with van der Waals surface area (Å²) >= 11 is 5.78. The molecular weight excluding hydrogens is 311 g/mol. The zero-order valence-electron chi connectivity index (χ0n) is 12.0. The Morgan fingerprint density at radius 2 is 2.18 bits per heavy atom. The lowest BCUT2D eigenvalue weighted by molar-refractivity contribution is -0.120. The van der Waals surface area contributed by atoms with Crippen molar-refractivity contribution in [3.63, 3.8) is 0 Å². The van der Waals surface area contributed by atoms with Crippen LogP contribution >= 0.6 is 11.6 Å². The summed E-state index contributed by atoms with van der Waals surface area (Å²) < 4.78 is 19.0. The van der Waals surface area contributed by atoms with Crippen molar-refractivity contribution in [2.45, 2.75) is 25.4 Å². The fourth-order valence-electron chi connectivity index (χ4n) is 2.27. The number of hydrogen-bond donors (Lipinski definition) is 2. The summed E-state index contributed by atoms with van der Waals surface area (Å²) in [5.41, 5.74) is -0.253. The number of carbonyl (C=O) groups excluding carboxylic acids is 2. The molecule has 1 atom stereocenters. The Labute approximate surface area is 133 Å². The van der Waals surface area contributed by atoms with Gasteiger partial charge in [0.2, 0.25) is 5.91 Å². The van der Waals surface area contributed by atoms with E-state index in [9.17, 15) is 14.0 Å². The van der Waals surface area contributed by atoms with E-state index in [-0.39, 0.29) is 29.1 Å². The minimum absolute atomic E-state index is 0.0105. The molecule has 0 radical (unpaired) electrons. The highest BCUT2D eigenvalue weighted by atomic mass is 35.5. The lowest BCUT2D eigenvalue weighted by atomic mass is 10.2. The maximum absolute atomic E-state index is 13.5. The maximum atomic E-state index is 13.5. The standard InChI is InChI=1S/C15H18ClFN2O3/c16-11-4-1-5-12(17)14(11)15(21)19-9-13(20)18-7-6-10-3-2-8-22-10/h1,4-5,10H,2-3,6-9H2,(H,18,20)(H,19,21)/t10-/m1/s1. The summed E-state index contributed by atoms with van der Waals surface area (Å²) in [5, 5.41) is 5.05. The second kappa shape index (κ2) is 8.10. The molecule has 1 heterocycles. The Morgan fingerprint density at radius 1 is 1.36 bits per heavy atom. The molecule has 1 fully saturated rings. The zero-order chi connectivity index (χ0) is 15.9. The van der Waals surface area contributed by atoms with Gasteiger partial charge in [0, 0.05) is 13.2 Å². The van der Waals surface area contributed by atoms with Crippen molar-refractivity contribution in [2.75, 3.05) is 19.7 Å². The van der Waals surface area contributed by atoms with Gasteiger partial charge in [0.15, 0.2) is 0 Å². The van der Waals surface area contributed by atoms with Crippen LogP contribution in [0.15, 0.2) is 18.2 Å². The van der Waals surface area contributed by atoms with Crippen molar-refractivity contribution in [3.05, 3.63) is 34.6 Å². The topological polar surface area (TPSA) is 67.4 Å². The highest BCUT2D eigenvalue weighted by Crippen LogP contribution is 2.18. The minimum Gasteiger partial charge on any atom is -0.378 e. The fourth-order valence-corrected chi connectivity index (χ4v) is 2.52. The van der Waals surface area contributed by atoms with Gasteiger partial charge >= 0.3 is 0 Å². The SMILES string of the molecule is O=C(CNC(=O)c1c(F)cccc1Cl)NCC[C@H]1CCCO1. The number of ether oxygens (including phenoxy) is 1. The second-order valence-corrected chi connectivity index (χ2v) is 5.46. The highest BCUT2D eigenvalue weighted by molar-refractivity contribution is 6.33. The highest BCUT2D eigenvalue weighted by Gasteiger charge is 2.17. The minimum atomic E-state index is -0.719. The molecule has 1 aromatic carbocycles. The van der Waals surface area contributed by atoms with Crippen molar-refractivity contribution in [3.8, 4) is 0 Å². The predicted molar refractivity (Wildman–Crippen MR) is 80.3 cm³/mol. The number of benzene rings is 1. The van der Waals surface area contributed by atoms with Gasteiger partial charge in [-0.25, -0.2) is 4.39 Å². The first-order chi connectivity index (χ1) is 10.6. The van der Waals surface area contributed by atoms with Crippen molar-refractivity contribution in [1.29, 1.82) is 0 Å². The van der Waals surface area contributed by atoms with Gasteiger partial charge in [-0.3, -0.25) is 9.59 Å². The molecule has 0 spiro atoms. The summed E-state index contributed by atoms with van der Waals surface area (Å²) in [4.78, 5) is 23.5. The van der Waals surface area contributed by atoms with E-state index < -0.39 is 11.7 Å². The first-order valence-electron chi connectivity index (χ1n) is 7.18. The van der Waals surface area contributed by atoms with Crippen LogP contribution in [0.5, 0.6) is 0 Å². The smallest absolute Gasteiger partial charge is 0.256 e. The molecule has 22 heavy (non-hydrogen) atoms. The molecular formula is C15H18ClFN2O3. The van der Waals surface area contributed by atoms with Crippen LogP contribution in [0.2, 0.25) is 5.02 Å². The number of rotatable bonds is 6. The molecule has 1 saturated heterocycles. The van der Waals surface area contributed by atoms with Gasteiger partial charge in [0.05, 0.1) is 23.2 Å². The molecule has 1 aliphatic rings. The third kappa shape index (κ3) is 4.68. The molecule has 1 aromatic rings. The van der Waals surface area contributed by atoms with E-state index in [4.69, 9.17) is 16.3 Å². The van der Waals surface area contributed by atoms with E-state index in [0.717, 1.165) is 31.9 Å². The molecule has 7 heteroatoms. The molecule has 0 unspecified atom stereocenters. The monoisotopic (exact) mass is 328 g/mol. The van der Waals surface area contributed by atoms with Crippen LogP contribution < -0.4 is 10.6 Å². The van der Waals surface area contributed by atoms with Gasteiger partial charge in [0.1, 0.15) is 5.82 Å². The molecule has 120 valence electrons. The van der Waals surface area contributed by atoms with Gasteiger partial charge in [-0.1, -0.05) is 17.7 Å². The van der Waals surface area contributed by atoms with Gasteiger partial charge in [-0.2, -0.15) is 0 Å². The van der Waals surface area contributed by atoms with Crippen molar-refractivity contribution < 1.29 is 18.7 Å². The molecule has 0 aromatic heterocycles. The molecule has 0 aliphatic carbocycles. The Hall–Kier alpha value is -1.66. The van der Waals surface area contributed by atoms with E-state index in [2.05, 4.69) is 10.6 Å². The van der Waals surface area contributed by atoms with Crippen LogP contribution in [0.25, 0.3) is 0 Å². The van der Waals surface area contributed by atoms with Crippen LogP contribution in [-0.4, -0.2) is 37.6 Å². The van der Waals surface area contributed by atoms with Crippen LogP contribution in [0.4, 0.5) is 4.39 Å². The number of nitrogens with one attached hydrogen (secondary N) is 2. The first-order valence-corrected chi connectivity index (χ1v) is 7.56. The lowest BCUT2D eigenvalue weighted by Crippen LogP contribution is -2.38. The van der Waals surface area contributed by atoms with Crippen LogP contribution in [0.3, 0.4) is 0 Å². The van der Waals surface area contributed by atoms with Gasteiger partial charge < -0.3 is 15.4 Å². The van der Waals surface area contributed by atoms with Crippen LogP contribution in [-0.2, 0) is 9.53 Å². The maximum Gasteiger partial charge on any atom is 0.256 e. The average molecular weight is 329 g/mol. The average Bonchev–Trinajstić information content (AvgIpc) is 2.98. The molecule has 2 rings (SSSR count). The predicted octanol–water partition coefficient (Wildman–Crippen LogP) is 1.89. The van der Waals surface area contributed by atoms with E-state index in [0.29, 0.717) is 6.54 Å². The Morgan fingerprint density at radius 3 is 2.86 bits per heavy atom. The van der Waals surface area contributed by atoms with Crippen LogP contribution in [0, 0.1) is 5.82 Å². The molecule has 2 N–H and O–H groups in total. The number of hydrogen-bond acceptors (Lipinski definition) is 3.